The zero-order valence-corrected chi connectivity index (χ0v) is 19.2. The van der Waals surface area contributed by atoms with Gasteiger partial charge in [0, 0.05) is 6.54 Å². The Morgan fingerprint density at radius 1 is 0.630 bits per heavy atom. The lowest BCUT2D eigenvalue weighted by atomic mass is 10.1. The highest BCUT2D eigenvalue weighted by molar-refractivity contribution is 5.85. The maximum atomic E-state index is 9.58. The smallest absolute Gasteiger partial charge is 0.106 e. The van der Waals surface area contributed by atoms with Crippen LogP contribution in [-0.4, -0.2) is 34.1 Å². The van der Waals surface area contributed by atoms with Crippen molar-refractivity contribution < 1.29 is 10.2 Å². The highest BCUT2D eigenvalue weighted by Crippen LogP contribution is 2.11. The summed E-state index contributed by atoms with van der Waals surface area (Å²) < 4.78 is 0. The lowest BCUT2D eigenvalue weighted by Crippen LogP contribution is -2.40. The van der Waals surface area contributed by atoms with Crippen molar-refractivity contribution in [3.8, 4) is 0 Å². The zero-order chi connectivity index (χ0) is 19.5. The van der Waals surface area contributed by atoms with Gasteiger partial charge in [0.25, 0.3) is 0 Å². The molecule has 27 heavy (non-hydrogen) atoms. The molecule has 0 amide bonds. The second-order valence-corrected chi connectivity index (χ2v) is 7.79. The summed E-state index contributed by atoms with van der Waals surface area (Å²) in [5.74, 6) is 0. The second-order valence-electron chi connectivity index (χ2n) is 7.79. The molecule has 0 fully saturated rings. The molecule has 2 unspecified atom stereocenters. The van der Waals surface area contributed by atoms with Crippen LogP contribution in [0, 0.1) is 0 Å². The number of aliphatic hydroxyl groups excluding tert-OH is 2. The Bertz CT molecular complexity index is 301. The van der Waals surface area contributed by atoms with Gasteiger partial charge in [-0.3, -0.25) is 4.90 Å². The van der Waals surface area contributed by atoms with E-state index >= 15 is 0 Å². The van der Waals surface area contributed by atoms with Crippen LogP contribution in [0.4, 0.5) is 0 Å². The van der Waals surface area contributed by atoms with E-state index in [1.165, 1.54) is 89.9 Å². The number of hydrogen-bond donors (Lipinski definition) is 2. The first kappa shape index (κ1) is 29.1. The fraction of sp³-hybridized carbons (Fsp3) is 0.913. The van der Waals surface area contributed by atoms with Crippen molar-refractivity contribution >= 4 is 12.4 Å². The van der Waals surface area contributed by atoms with Gasteiger partial charge in [-0.2, -0.15) is 0 Å². The first-order valence-corrected chi connectivity index (χ1v) is 11.4. The summed E-state index contributed by atoms with van der Waals surface area (Å²) in [5, 5.41) is 19.2. The molecule has 0 spiro atoms. The molecule has 2 N–H and O–H groups in total. The first-order valence-electron chi connectivity index (χ1n) is 11.4. The van der Waals surface area contributed by atoms with Gasteiger partial charge in [0.05, 0.1) is 0 Å². The normalized spacial score (nSPS) is 13.9. The Balaban J connectivity index is 0. The molecule has 0 bridgehead atoms. The lowest BCUT2D eigenvalue weighted by molar-refractivity contribution is -0.0844. The molecule has 0 aromatic heterocycles. The maximum absolute atomic E-state index is 9.58. The quantitative estimate of drug-likeness (QED) is 0.141. The van der Waals surface area contributed by atoms with Crippen LogP contribution in [0.15, 0.2) is 12.2 Å². The standard InChI is InChI=1S/C23H47NO2.ClH/c1-4-5-6-7-8-9-10-11-12-13-14-15-16-17-18-19-20-21-24(22(2)25)23(3)26;/h11-12,22-23,25-26H,4-10,13-21H2,1-3H3;1H/b12-11-;. The number of unbranched alkanes of at least 4 members (excludes halogenated alkanes) is 13. The number of aliphatic hydroxyl groups is 2. The topological polar surface area (TPSA) is 43.7 Å². The Labute approximate surface area is 176 Å². The minimum absolute atomic E-state index is 0. The van der Waals surface area contributed by atoms with Gasteiger partial charge in [0.15, 0.2) is 0 Å². The zero-order valence-electron chi connectivity index (χ0n) is 18.4. The van der Waals surface area contributed by atoms with Crippen molar-refractivity contribution in [3.05, 3.63) is 12.2 Å². The molecule has 0 aliphatic heterocycles. The number of allylic oxidation sites excluding steroid dienone is 2. The molecule has 164 valence electrons. The number of halogens is 1. The third-order valence-electron chi connectivity index (χ3n) is 5.14. The van der Waals surface area contributed by atoms with E-state index in [-0.39, 0.29) is 12.4 Å². The molecule has 0 heterocycles. The number of rotatable bonds is 19. The molecule has 0 aliphatic carbocycles. The van der Waals surface area contributed by atoms with Crippen LogP contribution >= 0.6 is 12.4 Å². The Morgan fingerprint density at radius 3 is 1.41 bits per heavy atom. The van der Waals surface area contributed by atoms with Gasteiger partial charge in [0.1, 0.15) is 12.5 Å². The van der Waals surface area contributed by atoms with Gasteiger partial charge in [-0.25, -0.2) is 0 Å². The number of nitrogens with zero attached hydrogens (tertiary/aromatic N) is 1. The van der Waals surface area contributed by atoms with Crippen molar-refractivity contribution in [2.24, 2.45) is 0 Å². The molecule has 0 aromatic carbocycles. The summed E-state index contributed by atoms with van der Waals surface area (Å²) in [7, 11) is 0. The summed E-state index contributed by atoms with van der Waals surface area (Å²) in [5.41, 5.74) is 0. The van der Waals surface area contributed by atoms with Crippen LogP contribution in [0.5, 0.6) is 0 Å². The van der Waals surface area contributed by atoms with E-state index in [0.717, 1.165) is 13.0 Å². The van der Waals surface area contributed by atoms with E-state index in [1.54, 1.807) is 18.7 Å². The Hall–Kier alpha value is -0.0900. The van der Waals surface area contributed by atoms with Gasteiger partial charge in [-0.15, -0.1) is 12.4 Å². The summed E-state index contributed by atoms with van der Waals surface area (Å²) in [6, 6.07) is 0. The summed E-state index contributed by atoms with van der Waals surface area (Å²) in [6.45, 7) is 6.48. The van der Waals surface area contributed by atoms with E-state index in [9.17, 15) is 10.2 Å². The highest BCUT2D eigenvalue weighted by atomic mass is 35.5. The van der Waals surface area contributed by atoms with Crippen molar-refractivity contribution in [2.45, 2.75) is 130 Å². The van der Waals surface area contributed by atoms with Crippen molar-refractivity contribution in [1.29, 1.82) is 0 Å². The van der Waals surface area contributed by atoms with E-state index in [2.05, 4.69) is 19.1 Å². The minimum atomic E-state index is -0.566. The van der Waals surface area contributed by atoms with Crippen molar-refractivity contribution in [3.63, 3.8) is 0 Å². The largest absolute Gasteiger partial charge is 0.379 e. The van der Waals surface area contributed by atoms with Gasteiger partial charge in [-0.1, -0.05) is 83.3 Å². The molecular formula is C23H48ClNO2. The Morgan fingerprint density at radius 2 is 1.00 bits per heavy atom. The fourth-order valence-corrected chi connectivity index (χ4v) is 3.40. The van der Waals surface area contributed by atoms with Crippen LogP contribution in [0.2, 0.25) is 0 Å². The van der Waals surface area contributed by atoms with Gasteiger partial charge < -0.3 is 10.2 Å². The summed E-state index contributed by atoms with van der Waals surface area (Å²) in [4.78, 5) is 1.73. The van der Waals surface area contributed by atoms with Crippen molar-refractivity contribution in [1.82, 2.24) is 4.90 Å². The molecule has 0 rings (SSSR count). The lowest BCUT2D eigenvalue weighted by Gasteiger charge is -2.27. The van der Waals surface area contributed by atoms with E-state index < -0.39 is 12.5 Å². The molecular weight excluding hydrogens is 358 g/mol. The molecule has 3 nitrogen and oxygen atoms in total. The molecule has 0 saturated carbocycles. The first-order chi connectivity index (χ1) is 12.6. The van der Waals surface area contributed by atoms with E-state index in [0.29, 0.717) is 0 Å². The molecule has 2 atom stereocenters. The minimum Gasteiger partial charge on any atom is -0.379 e. The average molecular weight is 406 g/mol. The van der Waals surface area contributed by atoms with E-state index in [1.807, 2.05) is 0 Å². The van der Waals surface area contributed by atoms with Crippen LogP contribution in [0.1, 0.15) is 117 Å². The van der Waals surface area contributed by atoms with Gasteiger partial charge >= 0.3 is 0 Å². The molecule has 4 heteroatoms. The van der Waals surface area contributed by atoms with Crippen LogP contribution in [0.25, 0.3) is 0 Å². The molecule has 0 aliphatic rings. The average Bonchev–Trinajstić information content (AvgIpc) is 2.60. The number of hydrogen-bond acceptors (Lipinski definition) is 3. The van der Waals surface area contributed by atoms with Crippen molar-refractivity contribution in [2.75, 3.05) is 6.54 Å². The van der Waals surface area contributed by atoms with Crippen LogP contribution < -0.4 is 0 Å². The summed E-state index contributed by atoms with van der Waals surface area (Å²) >= 11 is 0. The van der Waals surface area contributed by atoms with E-state index in [4.69, 9.17) is 0 Å². The molecule has 0 aromatic rings. The predicted molar refractivity (Wildman–Crippen MR) is 121 cm³/mol. The predicted octanol–water partition coefficient (Wildman–Crippen LogP) is 6.81. The Kier molecular flexibility index (Phi) is 23.9. The SMILES string of the molecule is CCCCCCCC/C=C\CCCCCCCCCN(C(C)O)C(C)O.Cl. The third kappa shape index (κ3) is 20.5. The van der Waals surface area contributed by atoms with Gasteiger partial charge in [0.2, 0.25) is 0 Å². The molecule has 0 radical (unpaired) electrons. The van der Waals surface area contributed by atoms with Crippen LogP contribution in [-0.2, 0) is 0 Å². The second kappa shape index (κ2) is 22.2. The third-order valence-corrected chi connectivity index (χ3v) is 5.14. The maximum Gasteiger partial charge on any atom is 0.106 e. The monoisotopic (exact) mass is 405 g/mol. The summed E-state index contributed by atoms with van der Waals surface area (Å²) in [6.07, 6.45) is 23.3. The van der Waals surface area contributed by atoms with Crippen LogP contribution in [0.3, 0.4) is 0 Å². The molecule has 0 saturated heterocycles. The fourth-order valence-electron chi connectivity index (χ4n) is 3.40. The van der Waals surface area contributed by atoms with Gasteiger partial charge in [-0.05, 0) is 46.0 Å². The highest BCUT2D eigenvalue weighted by Gasteiger charge is 2.14.